The normalized spacial score (nSPS) is 16.7. The van der Waals surface area contributed by atoms with Crippen molar-refractivity contribution in [2.45, 2.75) is 18.8 Å². The highest BCUT2D eigenvalue weighted by Gasteiger charge is 2.21. The van der Waals surface area contributed by atoms with Crippen LogP contribution in [0.3, 0.4) is 0 Å². The van der Waals surface area contributed by atoms with E-state index in [9.17, 15) is 4.79 Å². The summed E-state index contributed by atoms with van der Waals surface area (Å²) < 4.78 is 11.6. The van der Waals surface area contributed by atoms with Crippen LogP contribution < -0.4 is 0 Å². The molecule has 3 heterocycles. The second-order valence-electron chi connectivity index (χ2n) is 4.53. The highest BCUT2D eigenvalue weighted by molar-refractivity contribution is 5.88. The van der Waals surface area contributed by atoms with Crippen LogP contribution >= 0.6 is 0 Å². The van der Waals surface area contributed by atoms with Crippen LogP contribution in [0.1, 0.15) is 35.1 Å². The van der Waals surface area contributed by atoms with Crippen molar-refractivity contribution in [1.29, 1.82) is 0 Å². The van der Waals surface area contributed by atoms with E-state index in [4.69, 9.17) is 9.47 Å². The van der Waals surface area contributed by atoms with Gasteiger partial charge in [-0.05, 0) is 25.0 Å². The lowest BCUT2D eigenvalue weighted by molar-refractivity contribution is 0.0590. The Morgan fingerprint density at radius 3 is 2.95 bits per heavy atom. The summed E-state index contributed by atoms with van der Waals surface area (Å²) in [5.74, 6) is 0.674. The average molecular weight is 261 g/mol. The molecule has 0 atom stereocenters. The first-order valence-electron chi connectivity index (χ1n) is 6.31. The minimum atomic E-state index is -0.408. The number of hydrogen-bond donors (Lipinski definition) is 0. The molecule has 0 amide bonds. The Labute approximate surface area is 110 Å². The first kappa shape index (κ1) is 12.1. The van der Waals surface area contributed by atoms with E-state index in [1.807, 2.05) is 6.07 Å². The topological polar surface area (TPSA) is 65.7 Å². The van der Waals surface area contributed by atoms with Crippen LogP contribution in [-0.4, -0.2) is 40.9 Å². The fourth-order valence-electron chi connectivity index (χ4n) is 2.31. The lowest BCUT2D eigenvalue weighted by Gasteiger charge is -2.18. The van der Waals surface area contributed by atoms with E-state index < -0.39 is 5.97 Å². The Hall–Kier alpha value is -1.95. The minimum absolute atomic E-state index is 0.305. The van der Waals surface area contributed by atoms with Gasteiger partial charge in [0.05, 0.1) is 7.11 Å². The molecule has 19 heavy (non-hydrogen) atoms. The van der Waals surface area contributed by atoms with Crippen molar-refractivity contribution in [3.8, 4) is 0 Å². The third kappa shape index (κ3) is 2.19. The van der Waals surface area contributed by atoms with E-state index in [0.717, 1.165) is 31.9 Å². The molecular weight excluding hydrogens is 246 g/mol. The summed E-state index contributed by atoms with van der Waals surface area (Å²) in [6.45, 7) is 1.48. The Bertz CT molecular complexity index is 602. The summed E-state index contributed by atoms with van der Waals surface area (Å²) in [4.78, 5) is 16.2. The van der Waals surface area contributed by atoms with Crippen LogP contribution in [0.25, 0.3) is 5.65 Å². The monoisotopic (exact) mass is 261 g/mol. The number of rotatable bonds is 2. The van der Waals surface area contributed by atoms with E-state index in [1.54, 1.807) is 16.6 Å². The third-order valence-corrected chi connectivity index (χ3v) is 3.36. The quantitative estimate of drug-likeness (QED) is 0.765. The average Bonchev–Trinajstić information content (AvgIpc) is 2.91. The van der Waals surface area contributed by atoms with Gasteiger partial charge in [-0.15, -0.1) is 0 Å². The number of nitrogens with zero attached hydrogens (tertiary/aromatic N) is 3. The maximum atomic E-state index is 11.7. The Kier molecular flexibility index (Phi) is 3.16. The zero-order chi connectivity index (χ0) is 13.2. The maximum absolute atomic E-state index is 11.7. The number of esters is 1. The first-order chi connectivity index (χ1) is 9.29. The Balaban J connectivity index is 2.02. The molecule has 6 nitrogen and oxygen atoms in total. The number of carbonyl (C=O) groups excluding carboxylic acids is 1. The molecule has 1 aliphatic rings. The minimum Gasteiger partial charge on any atom is -0.464 e. The zero-order valence-corrected chi connectivity index (χ0v) is 10.7. The van der Waals surface area contributed by atoms with Gasteiger partial charge in [-0.3, -0.25) is 0 Å². The van der Waals surface area contributed by atoms with Gasteiger partial charge in [-0.25, -0.2) is 14.3 Å². The van der Waals surface area contributed by atoms with Gasteiger partial charge in [0.15, 0.2) is 17.2 Å². The SMILES string of the molecule is COC(=O)c1cccc2nc(C3CCOCC3)nn12. The van der Waals surface area contributed by atoms with E-state index >= 15 is 0 Å². The van der Waals surface area contributed by atoms with Crippen LogP contribution in [0, 0.1) is 0 Å². The molecule has 1 fully saturated rings. The molecule has 0 saturated carbocycles. The molecule has 3 rings (SSSR count). The van der Waals surface area contributed by atoms with Crippen molar-refractivity contribution in [3.05, 3.63) is 29.7 Å². The molecule has 0 N–H and O–H groups in total. The van der Waals surface area contributed by atoms with Crippen molar-refractivity contribution in [2.75, 3.05) is 20.3 Å². The van der Waals surface area contributed by atoms with Crippen molar-refractivity contribution in [1.82, 2.24) is 14.6 Å². The lowest BCUT2D eigenvalue weighted by atomic mass is 10.00. The number of carbonyl (C=O) groups is 1. The van der Waals surface area contributed by atoms with Crippen LogP contribution in [0.4, 0.5) is 0 Å². The molecule has 1 aliphatic heterocycles. The predicted octanol–water partition coefficient (Wildman–Crippen LogP) is 1.41. The summed E-state index contributed by atoms with van der Waals surface area (Å²) in [5, 5.41) is 4.45. The van der Waals surface area contributed by atoms with Crippen LogP contribution in [0.5, 0.6) is 0 Å². The second kappa shape index (κ2) is 4.97. The van der Waals surface area contributed by atoms with Crippen LogP contribution in [0.2, 0.25) is 0 Å². The largest absolute Gasteiger partial charge is 0.464 e. The maximum Gasteiger partial charge on any atom is 0.356 e. The first-order valence-corrected chi connectivity index (χ1v) is 6.31. The Morgan fingerprint density at radius 2 is 2.21 bits per heavy atom. The van der Waals surface area contributed by atoms with Crippen molar-refractivity contribution in [3.63, 3.8) is 0 Å². The molecule has 2 aromatic rings. The molecule has 100 valence electrons. The number of methoxy groups -OCH3 is 1. The molecule has 6 heteroatoms. The third-order valence-electron chi connectivity index (χ3n) is 3.36. The highest BCUT2D eigenvalue weighted by atomic mass is 16.5. The summed E-state index contributed by atoms with van der Waals surface area (Å²) in [6, 6.07) is 5.30. The van der Waals surface area contributed by atoms with Crippen molar-refractivity contribution >= 4 is 11.6 Å². The molecule has 0 aromatic carbocycles. The number of fused-ring (bicyclic) bond motifs is 1. The molecular formula is C13H15N3O3. The lowest BCUT2D eigenvalue weighted by Crippen LogP contribution is -2.15. The van der Waals surface area contributed by atoms with Gasteiger partial charge in [-0.1, -0.05) is 6.07 Å². The van der Waals surface area contributed by atoms with E-state index in [0.29, 0.717) is 17.3 Å². The zero-order valence-electron chi connectivity index (χ0n) is 10.7. The number of ether oxygens (including phenoxy) is 2. The van der Waals surface area contributed by atoms with Gasteiger partial charge < -0.3 is 9.47 Å². The molecule has 2 aromatic heterocycles. The van der Waals surface area contributed by atoms with E-state index in [-0.39, 0.29) is 0 Å². The molecule has 1 saturated heterocycles. The van der Waals surface area contributed by atoms with Crippen molar-refractivity contribution < 1.29 is 14.3 Å². The number of aromatic nitrogens is 3. The molecule has 0 spiro atoms. The van der Waals surface area contributed by atoms with Gasteiger partial charge in [-0.2, -0.15) is 5.10 Å². The van der Waals surface area contributed by atoms with Gasteiger partial charge in [0.1, 0.15) is 0 Å². The smallest absolute Gasteiger partial charge is 0.356 e. The van der Waals surface area contributed by atoms with Gasteiger partial charge >= 0.3 is 5.97 Å². The second-order valence-corrected chi connectivity index (χ2v) is 4.53. The molecule has 0 aliphatic carbocycles. The van der Waals surface area contributed by atoms with Gasteiger partial charge in [0.2, 0.25) is 0 Å². The van der Waals surface area contributed by atoms with Gasteiger partial charge in [0, 0.05) is 19.1 Å². The van der Waals surface area contributed by atoms with Crippen LogP contribution in [0.15, 0.2) is 18.2 Å². The predicted molar refractivity (Wildman–Crippen MR) is 67.1 cm³/mol. The fraction of sp³-hybridized carbons (Fsp3) is 0.462. The highest BCUT2D eigenvalue weighted by Crippen LogP contribution is 2.24. The summed E-state index contributed by atoms with van der Waals surface area (Å²) in [7, 11) is 1.36. The standard InChI is InChI=1S/C13H15N3O3/c1-18-13(17)10-3-2-4-11-14-12(15-16(10)11)9-5-7-19-8-6-9/h2-4,9H,5-8H2,1H3. The summed E-state index contributed by atoms with van der Waals surface area (Å²) in [6.07, 6.45) is 1.84. The summed E-state index contributed by atoms with van der Waals surface area (Å²) in [5.41, 5.74) is 1.07. The fourth-order valence-corrected chi connectivity index (χ4v) is 2.31. The van der Waals surface area contributed by atoms with Crippen molar-refractivity contribution in [2.24, 2.45) is 0 Å². The number of pyridine rings is 1. The molecule has 0 bridgehead atoms. The van der Waals surface area contributed by atoms with E-state index in [2.05, 4.69) is 10.1 Å². The van der Waals surface area contributed by atoms with Crippen LogP contribution in [-0.2, 0) is 9.47 Å². The Morgan fingerprint density at radius 1 is 1.42 bits per heavy atom. The molecule has 0 unspecified atom stereocenters. The number of hydrogen-bond acceptors (Lipinski definition) is 5. The molecule has 0 radical (unpaired) electrons. The summed E-state index contributed by atoms with van der Waals surface area (Å²) >= 11 is 0. The van der Waals surface area contributed by atoms with E-state index in [1.165, 1.54) is 7.11 Å². The van der Waals surface area contributed by atoms with Gasteiger partial charge in [0.25, 0.3) is 0 Å².